The molecule has 1 atom stereocenters. The number of rotatable bonds is 6. The topological polar surface area (TPSA) is 136 Å². The number of amides is 2. The van der Waals surface area contributed by atoms with Gasteiger partial charge in [-0.2, -0.15) is 4.31 Å². The number of methoxy groups -OCH3 is 1. The van der Waals surface area contributed by atoms with Gasteiger partial charge in [0.15, 0.2) is 5.76 Å². The molecule has 0 bridgehead atoms. The molecule has 12 nitrogen and oxygen atoms in total. The molecular weight excluding hydrogens is 574 g/mol. The number of carbonyl (C=O) groups excluding carboxylic acids is 3. The number of nitrogens with zero attached hydrogens (tertiary/aromatic N) is 4. The predicted octanol–water partition coefficient (Wildman–Crippen LogP) is 1.78. The van der Waals surface area contributed by atoms with Gasteiger partial charge in [0.25, 0.3) is 21.7 Å². The number of ketones is 1. The average molecular weight is 604 g/mol. The molecular formula is C27H30ClN5O7S. The number of fused-ring (bicyclic) bond motifs is 2. The Morgan fingerprint density at radius 2 is 1.90 bits per heavy atom. The molecule has 0 radical (unpaired) electrons. The normalized spacial score (nSPS) is 23.4. The zero-order valence-corrected chi connectivity index (χ0v) is 24.2. The van der Waals surface area contributed by atoms with Crippen LogP contribution in [0.4, 0.5) is 0 Å². The fourth-order valence-corrected chi connectivity index (χ4v) is 8.14. The predicted molar refractivity (Wildman–Crippen MR) is 148 cm³/mol. The third kappa shape index (κ3) is 4.38. The number of piperazine rings is 1. The first-order valence-corrected chi connectivity index (χ1v) is 15.0. The van der Waals surface area contributed by atoms with E-state index in [0.717, 1.165) is 0 Å². The minimum absolute atomic E-state index is 0.00289. The van der Waals surface area contributed by atoms with Crippen LogP contribution in [0.1, 0.15) is 23.4 Å². The minimum atomic E-state index is -4.08. The summed E-state index contributed by atoms with van der Waals surface area (Å²) in [6.45, 7) is 0.753. The van der Waals surface area contributed by atoms with E-state index in [1.165, 1.54) is 34.7 Å². The van der Waals surface area contributed by atoms with Gasteiger partial charge in [-0.3, -0.25) is 19.3 Å². The maximum atomic E-state index is 13.8. The number of aromatic nitrogens is 1. The summed E-state index contributed by atoms with van der Waals surface area (Å²) in [7, 11) is -0.682. The van der Waals surface area contributed by atoms with Crippen LogP contribution in [0.2, 0.25) is 5.02 Å². The summed E-state index contributed by atoms with van der Waals surface area (Å²) in [5.41, 5.74) is -0.966. The van der Waals surface area contributed by atoms with E-state index in [0.29, 0.717) is 48.4 Å². The molecule has 2 aromatic heterocycles. The Kier molecular flexibility index (Phi) is 6.77. The molecule has 3 aromatic rings. The van der Waals surface area contributed by atoms with E-state index in [4.69, 9.17) is 20.8 Å². The maximum Gasteiger partial charge on any atom is 0.298 e. The third-order valence-electron chi connectivity index (χ3n) is 8.80. The molecule has 3 aliphatic heterocycles. The Morgan fingerprint density at radius 1 is 1.15 bits per heavy atom. The first-order chi connectivity index (χ1) is 19.5. The molecule has 1 spiro atoms. The number of ether oxygens (including phenoxy) is 1. The molecule has 5 heterocycles. The van der Waals surface area contributed by atoms with E-state index >= 15 is 0 Å². The first kappa shape index (κ1) is 27.9. The third-order valence-corrected chi connectivity index (χ3v) is 10.8. The molecule has 2 amide bonds. The minimum Gasteiger partial charge on any atom is -0.461 e. The van der Waals surface area contributed by atoms with Crippen LogP contribution in [0.5, 0.6) is 0 Å². The Morgan fingerprint density at radius 3 is 2.59 bits per heavy atom. The summed E-state index contributed by atoms with van der Waals surface area (Å²) >= 11 is 6.09. The molecule has 3 saturated heterocycles. The quantitative estimate of drug-likeness (QED) is 0.333. The van der Waals surface area contributed by atoms with E-state index in [-0.39, 0.29) is 36.4 Å². The number of nitrogens with one attached hydrogen (secondary N) is 1. The van der Waals surface area contributed by atoms with Gasteiger partial charge in [0, 0.05) is 48.2 Å². The lowest BCUT2D eigenvalue weighted by atomic mass is 9.86. The standard InChI is InChI=1S/C27H30ClN5O7S/c1-30-26(7-9-31(10-8-26)25(36)24(35)21-4-3-11-40-21)15-33-23(34)14-32(16-27(30,33)17-39-2)41(37,38)22-13-18-12-19(28)5-6-20(18)29-22/h3-6,11-13,29H,7-10,14-17H2,1-2H3. The number of H-pyrrole nitrogens is 1. The number of Topliss-reactive ketones (excluding diaryl/α,β-unsaturated/α-hetero) is 1. The van der Waals surface area contributed by atoms with Crippen molar-refractivity contribution in [3.8, 4) is 0 Å². The highest BCUT2D eigenvalue weighted by molar-refractivity contribution is 7.89. The maximum absolute atomic E-state index is 13.8. The van der Waals surface area contributed by atoms with Gasteiger partial charge in [-0.1, -0.05) is 11.6 Å². The highest BCUT2D eigenvalue weighted by Crippen LogP contribution is 2.45. The van der Waals surface area contributed by atoms with Crippen molar-refractivity contribution in [3.63, 3.8) is 0 Å². The summed E-state index contributed by atoms with van der Waals surface area (Å²) in [6, 6.07) is 9.59. The molecule has 218 valence electrons. The van der Waals surface area contributed by atoms with Gasteiger partial charge in [0.05, 0.1) is 26.0 Å². The van der Waals surface area contributed by atoms with Gasteiger partial charge in [0.2, 0.25) is 5.91 Å². The Hall–Kier alpha value is -3.23. The molecule has 3 aliphatic rings. The number of halogens is 1. The molecule has 1 unspecified atom stereocenters. The molecule has 6 rings (SSSR count). The number of aromatic amines is 1. The van der Waals surface area contributed by atoms with Gasteiger partial charge in [-0.15, -0.1) is 0 Å². The van der Waals surface area contributed by atoms with Crippen LogP contribution in [0.25, 0.3) is 10.9 Å². The summed E-state index contributed by atoms with van der Waals surface area (Å²) < 4.78 is 39.5. The average Bonchev–Trinajstić information content (AvgIpc) is 3.68. The highest BCUT2D eigenvalue weighted by Gasteiger charge is 2.63. The smallest absolute Gasteiger partial charge is 0.298 e. The highest BCUT2D eigenvalue weighted by atomic mass is 35.5. The van der Waals surface area contributed by atoms with Crippen LogP contribution in [0.3, 0.4) is 0 Å². The van der Waals surface area contributed by atoms with Gasteiger partial charge >= 0.3 is 0 Å². The second-order valence-electron chi connectivity index (χ2n) is 10.9. The van der Waals surface area contributed by atoms with Crippen molar-refractivity contribution in [2.24, 2.45) is 0 Å². The Bertz CT molecular complexity index is 1630. The van der Waals surface area contributed by atoms with E-state index < -0.39 is 32.9 Å². The van der Waals surface area contributed by atoms with Crippen molar-refractivity contribution in [2.75, 3.05) is 53.5 Å². The molecule has 1 aromatic carbocycles. The van der Waals surface area contributed by atoms with E-state index in [1.54, 1.807) is 29.2 Å². The number of hydrogen-bond acceptors (Lipinski definition) is 8. The lowest BCUT2D eigenvalue weighted by Gasteiger charge is -2.50. The summed E-state index contributed by atoms with van der Waals surface area (Å²) in [4.78, 5) is 47.2. The van der Waals surface area contributed by atoms with Crippen molar-refractivity contribution in [1.82, 2.24) is 24.0 Å². The zero-order valence-electron chi connectivity index (χ0n) is 22.6. The number of likely N-dealkylation sites (N-methyl/N-ethyl adjacent to an activating group) is 1. The van der Waals surface area contributed by atoms with Crippen LogP contribution < -0.4 is 0 Å². The van der Waals surface area contributed by atoms with Gasteiger partial charge in [-0.25, -0.2) is 8.42 Å². The zero-order chi connectivity index (χ0) is 29.2. The van der Waals surface area contributed by atoms with Gasteiger partial charge < -0.3 is 23.9 Å². The largest absolute Gasteiger partial charge is 0.461 e. The number of sulfonamides is 1. The van der Waals surface area contributed by atoms with Gasteiger partial charge in [0.1, 0.15) is 10.7 Å². The summed E-state index contributed by atoms with van der Waals surface area (Å²) in [5.74, 6) is -1.66. The second-order valence-corrected chi connectivity index (χ2v) is 13.3. The van der Waals surface area contributed by atoms with Crippen LogP contribution in [0.15, 0.2) is 52.1 Å². The van der Waals surface area contributed by atoms with Crippen LogP contribution in [-0.4, -0.2) is 115 Å². The fourth-order valence-electron chi connectivity index (χ4n) is 6.51. The van der Waals surface area contributed by atoms with Crippen molar-refractivity contribution < 1.29 is 32.0 Å². The number of likely N-dealkylation sites (tertiary alicyclic amines) is 1. The van der Waals surface area contributed by atoms with Gasteiger partial charge in [-0.05, 0) is 56.3 Å². The fraction of sp³-hybridized carbons (Fsp3) is 0.444. The number of hydrogen-bond donors (Lipinski definition) is 1. The summed E-state index contributed by atoms with van der Waals surface area (Å²) in [6.07, 6.45) is 2.33. The van der Waals surface area contributed by atoms with Crippen LogP contribution >= 0.6 is 11.6 Å². The summed E-state index contributed by atoms with van der Waals surface area (Å²) in [5, 5.41) is 1.11. The van der Waals surface area contributed by atoms with E-state index in [9.17, 15) is 22.8 Å². The lowest BCUT2D eigenvalue weighted by Crippen LogP contribution is -2.70. The number of benzene rings is 1. The molecule has 3 fully saturated rings. The SMILES string of the molecule is COCC12CN(S(=O)(=O)c3cc4cc(Cl)ccc4[nH]3)CC(=O)N1CC1(CCN(C(=O)C(=O)c3ccco3)CC1)N2C. The lowest BCUT2D eigenvalue weighted by molar-refractivity contribution is -0.152. The second kappa shape index (κ2) is 9.95. The number of furan rings is 1. The van der Waals surface area contributed by atoms with E-state index in [2.05, 4.69) is 4.98 Å². The first-order valence-electron chi connectivity index (χ1n) is 13.2. The van der Waals surface area contributed by atoms with Crippen molar-refractivity contribution in [2.45, 2.75) is 29.1 Å². The molecule has 1 N–H and O–H groups in total. The molecule has 41 heavy (non-hydrogen) atoms. The van der Waals surface area contributed by atoms with Crippen LogP contribution in [-0.2, 0) is 24.3 Å². The van der Waals surface area contributed by atoms with Crippen molar-refractivity contribution in [3.05, 3.63) is 53.4 Å². The Labute approximate surface area is 241 Å². The monoisotopic (exact) mass is 603 g/mol. The number of carbonyl (C=O) groups is 3. The van der Waals surface area contributed by atoms with E-state index in [1.807, 2.05) is 11.9 Å². The molecule has 14 heteroatoms. The number of piperidine rings is 1. The van der Waals surface area contributed by atoms with Crippen molar-refractivity contribution >= 4 is 50.1 Å². The molecule has 0 aliphatic carbocycles. The van der Waals surface area contributed by atoms with Crippen molar-refractivity contribution in [1.29, 1.82) is 0 Å². The molecule has 0 saturated carbocycles. The van der Waals surface area contributed by atoms with Crippen LogP contribution in [0, 0.1) is 0 Å². The Balaban J connectivity index is 1.26.